The van der Waals surface area contributed by atoms with E-state index in [1.54, 1.807) is 0 Å². The molecule has 1 saturated heterocycles. The molecule has 0 spiro atoms. The highest BCUT2D eigenvalue weighted by Gasteiger charge is 2.34. The summed E-state index contributed by atoms with van der Waals surface area (Å²) in [6.45, 7) is 0.211. The lowest BCUT2D eigenvalue weighted by Crippen LogP contribution is -2.44. The molecule has 1 heterocycles. The van der Waals surface area contributed by atoms with E-state index >= 15 is 0 Å². The molecule has 0 bridgehead atoms. The molecule has 4 heteroatoms. The van der Waals surface area contributed by atoms with Crippen LogP contribution >= 0.6 is 0 Å². The third-order valence-electron chi connectivity index (χ3n) is 2.92. The molecule has 1 aliphatic heterocycles. The largest absolute Gasteiger partial charge is 0.391 e. The van der Waals surface area contributed by atoms with Crippen LogP contribution in [0.2, 0.25) is 0 Å². The molecule has 0 aromatic heterocycles. The predicted molar refractivity (Wildman–Crippen MR) is 49.3 cm³/mol. The second kappa shape index (κ2) is 3.69. The number of aliphatic hydroxyl groups excluding tert-OH is 1. The second-order valence-electron chi connectivity index (χ2n) is 4.16. The van der Waals surface area contributed by atoms with Crippen LogP contribution in [0.15, 0.2) is 0 Å². The predicted octanol–water partition coefficient (Wildman–Crippen LogP) is 0.296. The number of hydrogen-bond donors (Lipinski definition) is 1. The van der Waals surface area contributed by atoms with Crippen molar-refractivity contribution in [2.75, 3.05) is 6.54 Å². The van der Waals surface area contributed by atoms with E-state index in [-0.39, 0.29) is 18.4 Å². The topological polar surface area (TPSA) is 57.6 Å². The van der Waals surface area contributed by atoms with Crippen LogP contribution < -0.4 is 0 Å². The Kier molecular flexibility index (Phi) is 2.54. The van der Waals surface area contributed by atoms with E-state index in [9.17, 15) is 14.7 Å². The van der Waals surface area contributed by atoms with Crippen molar-refractivity contribution in [3.05, 3.63) is 0 Å². The first-order chi connectivity index (χ1) is 6.68. The van der Waals surface area contributed by atoms with E-state index < -0.39 is 6.10 Å². The Balaban J connectivity index is 1.92. The maximum absolute atomic E-state index is 11.4. The number of β-amino-alcohol motifs (C(OH)–C–C–N with tert-alkyl or cyclic N) is 1. The number of aliphatic hydroxyl groups is 1. The van der Waals surface area contributed by atoms with Gasteiger partial charge in [0.15, 0.2) is 0 Å². The van der Waals surface area contributed by atoms with Crippen molar-refractivity contribution >= 4 is 11.8 Å². The monoisotopic (exact) mass is 197 g/mol. The van der Waals surface area contributed by atoms with Crippen LogP contribution in [-0.2, 0) is 9.59 Å². The zero-order valence-corrected chi connectivity index (χ0v) is 8.11. The number of carbonyl (C=O) groups excluding carboxylic acids is 2. The van der Waals surface area contributed by atoms with Gasteiger partial charge < -0.3 is 5.11 Å². The third kappa shape index (κ3) is 1.95. The first kappa shape index (κ1) is 9.65. The van der Waals surface area contributed by atoms with E-state index in [1.165, 1.54) is 4.90 Å². The van der Waals surface area contributed by atoms with Crippen LogP contribution in [0.1, 0.15) is 32.1 Å². The molecule has 1 unspecified atom stereocenters. The number of carbonyl (C=O) groups is 2. The molecule has 1 N–H and O–H groups in total. The lowest BCUT2D eigenvalue weighted by Gasteiger charge is -2.26. The minimum atomic E-state index is -0.499. The maximum atomic E-state index is 11.4. The van der Waals surface area contributed by atoms with Crippen LogP contribution in [0, 0.1) is 5.92 Å². The number of rotatable bonds is 3. The van der Waals surface area contributed by atoms with Crippen molar-refractivity contribution in [1.29, 1.82) is 0 Å². The zero-order valence-electron chi connectivity index (χ0n) is 8.11. The molecule has 0 radical (unpaired) electrons. The SMILES string of the molecule is O=C1CCCC(=O)N1CC(O)C1CC1. The molecular weight excluding hydrogens is 182 g/mol. The average molecular weight is 197 g/mol. The third-order valence-corrected chi connectivity index (χ3v) is 2.92. The van der Waals surface area contributed by atoms with Gasteiger partial charge in [-0.3, -0.25) is 14.5 Å². The Morgan fingerprint density at radius 2 is 1.86 bits per heavy atom. The summed E-state index contributed by atoms with van der Waals surface area (Å²) in [6.07, 6.45) is 3.11. The number of amides is 2. The van der Waals surface area contributed by atoms with Crippen LogP contribution in [-0.4, -0.2) is 34.5 Å². The van der Waals surface area contributed by atoms with E-state index in [2.05, 4.69) is 0 Å². The van der Waals surface area contributed by atoms with Crippen molar-refractivity contribution in [2.45, 2.75) is 38.2 Å². The molecule has 2 amide bonds. The molecule has 2 fully saturated rings. The number of likely N-dealkylation sites (tertiary alicyclic amines) is 1. The van der Waals surface area contributed by atoms with E-state index in [1.807, 2.05) is 0 Å². The smallest absolute Gasteiger partial charge is 0.229 e. The molecule has 2 rings (SSSR count). The summed E-state index contributed by atoms with van der Waals surface area (Å²) in [5.74, 6) is 0.0689. The fourth-order valence-corrected chi connectivity index (χ4v) is 1.82. The molecule has 2 aliphatic rings. The molecule has 78 valence electrons. The fraction of sp³-hybridized carbons (Fsp3) is 0.800. The van der Waals surface area contributed by atoms with Gasteiger partial charge in [-0.2, -0.15) is 0 Å². The van der Waals surface area contributed by atoms with Gasteiger partial charge in [0.2, 0.25) is 11.8 Å². The van der Waals surface area contributed by atoms with Crippen LogP contribution in [0.3, 0.4) is 0 Å². The summed E-state index contributed by atoms with van der Waals surface area (Å²) in [7, 11) is 0. The van der Waals surface area contributed by atoms with Gasteiger partial charge >= 0.3 is 0 Å². The van der Waals surface area contributed by atoms with Crippen LogP contribution in [0.25, 0.3) is 0 Å². The van der Waals surface area contributed by atoms with Gasteiger partial charge in [-0.1, -0.05) is 0 Å². The van der Waals surface area contributed by atoms with Gasteiger partial charge in [0.05, 0.1) is 12.6 Å². The molecule has 1 aliphatic carbocycles. The summed E-state index contributed by atoms with van der Waals surface area (Å²) in [5.41, 5.74) is 0. The zero-order chi connectivity index (χ0) is 10.1. The number of piperidine rings is 1. The summed E-state index contributed by atoms with van der Waals surface area (Å²) < 4.78 is 0. The first-order valence-electron chi connectivity index (χ1n) is 5.20. The number of nitrogens with zero attached hydrogens (tertiary/aromatic N) is 1. The molecular formula is C10H15NO3. The molecule has 1 saturated carbocycles. The van der Waals surface area contributed by atoms with Gasteiger partial charge in [0, 0.05) is 12.8 Å². The van der Waals surface area contributed by atoms with Gasteiger partial charge in [-0.25, -0.2) is 0 Å². The van der Waals surface area contributed by atoms with Gasteiger partial charge in [-0.05, 0) is 25.2 Å². The van der Waals surface area contributed by atoms with E-state index in [0.29, 0.717) is 25.2 Å². The first-order valence-corrected chi connectivity index (χ1v) is 5.20. The van der Waals surface area contributed by atoms with Crippen molar-refractivity contribution in [1.82, 2.24) is 4.90 Å². The van der Waals surface area contributed by atoms with Crippen molar-refractivity contribution in [3.63, 3.8) is 0 Å². The summed E-state index contributed by atoms with van der Waals surface area (Å²) in [6, 6.07) is 0. The second-order valence-corrected chi connectivity index (χ2v) is 4.16. The van der Waals surface area contributed by atoms with E-state index in [0.717, 1.165) is 12.8 Å². The van der Waals surface area contributed by atoms with Gasteiger partial charge in [-0.15, -0.1) is 0 Å². The minimum absolute atomic E-state index is 0.124. The number of imide groups is 1. The van der Waals surface area contributed by atoms with E-state index in [4.69, 9.17) is 0 Å². The van der Waals surface area contributed by atoms with Gasteiger partial charge in [0.25, 0.3) is 0 Å². The van der Waals surface area contributed by atoms with Crippen molar-refractivity contribution in [3.8, 4) is 0 Å². The number of hydrogen-bond acceptors (Lipinski definition) is 3. The lowest BCUT2D eigenvalue weighted by atomic mass is 10.1. The highest BCUT2D eigenvalue weighted by molar-refractivity contribution is 5.97. The normalized spacial score (nSPS) is 25.4. The Morgan fingerprint density at radius 1 is 1.29 bits per heavy atom. The van der Waals surface area contributed by atoms with Crippen LogP contribution in [0.4, 0.5) is 0 Å². The maximum Gasteiger partial charge on any atom is 0.229 e. The fourth-order valence-electron chi connectivity index (χ4n) is 1.82. The molecule has 0 aromatic rings. The summed E-state index contributed by atoms with van der Waals surface area (Å²) in [4.78, 5) is 24.0. The summed E-state index contributed by atoms with van der Waals surface area (Å²) >= 11 is 0. The molecule has 1 atom stereocenters. The van der Waals surface area contributed by atoms with Crippen LogP contribution in [0.5, 0.6) is 0 Å². The van der Waals surface area contributed by atoms with Gasteiger partial charge in [0.1, 0.15) is 0 Å². The Labute approximate surface area is 82.9 Å². The quantitative estimate of drug-likeness (QED) is 0.662. The Hall–Kier alpha value is -0.900. The Morgan fingerprint density at radius 3 is 2.36 bits per heavy atom. The minimum Gasteiger partial charge on any atom is -0.391 e. The highest BCUT2D eigenvalue weighted by atomic mass is 16.3. The van der Waals surface area contributed by atoms with Crippen molar-refractivity contribution < 1.29 is 14.7 Å². The molecule has 4 nitrogen and oxygen atoms in total. The average Bonchev–Trinajstić information content (AvgIpc) is 2.94. The van der Waals surface area contributed by atoms with Crippen molar-refractivity contribution in [2.24, 2.45) is 5.92 Å². The lowest BCUT2D eigenvalue weighted by molar-refractivity contribution is -0.149. The molecule has 0 aromatic carbocycles. The Bertz CT molecular complexity index is 244. The molecule has 14 heavy (non-hydrogen) atoms. The highest BCUT2D eigenvalue weighted by Crippen LogP contribution is 2.33. The standard InChI is InChI=1S/C10H15NO3/c12-8(7-4-5-7)6-11-9(13)2-1-3-10(11)14/h7-8,12H,1-6H2. The summed E-state index contributed by atoms with van der Waals surface area (Å²) in [5, 5.41) is 9.63.